The zero-order chi connectivity index (χ0) is 10.9. The maximum atomic E-state index is 5.31. The molecule has 0 heterocycles. The minimum absolute atomic E-state index is 0.885. The molecule has 0 bridgehead atoms. The molecule has 6 heteroatoms. The molecule has 0 fully saturated rings. The van der Waals surface area contributed by atoms with Gasteiger partial charge in [-0.2, -0.15) is 24.4 Å². The summed E-state index contributed by atoms with van der Waals surface area (Å²) >= 11 is 6.05. The van der Waals surface area contributed by atoms with Crippen molar-refractivity contribution in [2.45, 2.75) is 12.5 Å². The lowest BCUT2D eigenvalue weighted by Crippen LogP contribution is -2.42. The summed E-state index contributed by atoms with van der Waals surface area (Å²) < 4.78 is 15.9. The largest absolute Gasteiger partial charge is 0.500 e. The highest BCUT2D eigenvalue weighted by Gasteiger charge is 2.36. The van der Waals surface area contributed by atoms with E-state index in [4.69, 9.17) is 13.3 Å². The van der Waals surface area contributed by atoms with Crippen molar-refractivity contribution in [2.75, 3.05) is 38.6 Å². The van der Waals surface area contributed by atoms with Crippen molar-refractivity contribution in [3.63, 3.8) is 0 Å². The van der Waals surface area contributed by atoms with Crippen LogP contribution in [0.25, 0.3) is 0 Å². The summed E-state index contributed by atoms with van der Waals surface area (Å²) in [5.41, 5.74) is 0. The normalized spacial score (nSPS) is 12.0. The van der Waals surface area contributed by atoms with E-state index in [0.29, 0.717) is 0 Å². The van der Waals surface area contributed by atoms with Gasteiger partial charge in [0.1, 0.15) is 0 Å². The fourth-order valence-electron chi connectivity index (χ4n) is 1.11. The first-order chi connectivity index (χ1) is 6.74. The van der Waals surface area contributed by atoms with Crippen molar-refractivity contribution >= 4 is 33.2 Å². The second-order valence-corrected chi connectivity index (χ2v) is 7.50. The zero-order valence-electron chi connectivity index (χ0n) is 9.12. The van der Waals surface area contributed by atoms with Crippen LogP contribution in [0.2, 0.25) is 6.04 Å². The van der Waals surface area contributed by atoms with Gasteiger partial charge in [-0.25, -0.2) is 0 Å². The van der Waals surface area contributed by atoms with Crippen LogP contribution in [-0.2, 0) is 13.3 Å². The van der Waals surface area contributed by atoms with Crippen molar-refractivity contribution < 1.29 is 13.3 Å². The van der Waals surface area contributed by atoms with Gasteiger partial charge in [0.05, 0.1) is 0 Å². The predicted molar refractivity (Wildman–Crippen MR) is 67.4 cm³/mol. The first kappa shape index (κ1) is 14.8. The van der Waals surface area contributed by atoms with Gasteiger partial charge in [0, 0.05) is 33.1 Å². The summed E-state index contributed by atoms with van der Waals surface area (Å²) in [6, 6.07) is 0.885. The van der Waals surface area contributed by atoms with Gasteiger partial charge in [0.25, 0.3) is 0 Å². The molecular formula is C8H20O3S2Si. The molecule has 0 N–H and O–H groups in total. The van der Waals surface area contributed by atoms with E-state index in [1.807, 2.05) is 11.8 Å². The van der Waals surface area contributed by atoms with E-state index in [1.54, 1.807) is 21.3 Å². The number of thioether (sulfide) groups is 1. The van der Waals surface area contributed by atoms with Gasteiger partial charge in [0.15, 0.2) is 0 Å². The maximum absolute atomic E-state index is 5.31. The number of hydrogen-bond donors (Lipinski definition) is 1. The molecule has 0 aromatic rings. The fourth-order valence-corrected chi connectivity index (χ4v) is 4.16. The molecular weight excluding hydrogens is 236 g/mol. The van der Waals surface area contributed by atoms with Gasteiger partial charge in [-0.15, -0.1) is 0 Å². The monoisotopic (exact) mass is 256 g/mol. The second kappa shape index (κ2) is 9.05. The Morgan fingerprint density at radius 1 is 1.07 bits per heavy atom. The van der Waals surface area contributed by atoms with E-state index < -0.39 is 8.80 Å². The molecule has 0 radical (unpaired) electrons. The fraction of sp³-hybridized carbons (Fsp3) is 1.00. The Labute approximate surface area is 97.7 Å². The van der Waals surface area contributed by atoms with Gasteiger partial charge in [-0.1, -0.05) is 0 Å². The zero-order valence-corrected chi connectivity index (χ0v) is 11.8. The van der Waals surface area contributed by atoms with E-state index in [0.717, 1.165) is 29.7 Å². The molecule has 86 valence electrons. The van der Waals surface area contributed by atoms with Crippen LogP contribution in [0.4, 0.5) is 0 Å². The van der Waals surface area contributed by atoms with Crippen LogP contribution in [-0.4, -0.2) is 47.4 Å². The summed E-state index contributed by atoms with van der Waals surface area (Å²) in [5.74, 6) is 3.15. The summed E-state index contributed by atoms with van der Waals surface area (Å²) in [7, 11) is 2.65. The van der Waals surface area contributed by atoms with Crippen molar-refractivity contribution in [3.05, 3.63) is 0 Å². The molecule has 0 unspecified atom stereocenters. The lowest BCUT2D eigenvalue weighted by Gasteiger charge is -2.24. The van der Waals surface area contributed by atoms with Gasteiger partial charge >= 0.3 is 8.80 Å². The first-order valence-electron chi connectivity index (χ1n) is 4.58. The average Bonchev–Trinajstić information content (AvgIpc) is 2.24. The van der Waals surface area contributed by atoms with E-state index >= 15 is 0 Å². The minimum atomic E-state index is -2.31. The third-order valence-corrected chi connectivity index (χ3v) is 6.37. The molecule has 0 aliphatic heterocycles. The Morgan fingerprint density at radius 2 is 1.64 bits per heavy atom. The van der Waals surface area contributed by atoms with E-state index in [-0.39, 0.29) is 0 Å². The summed E-state index contributed by atoms with van der Waals surface area (Å²) in [5, 5.41) is 0. The highest BCUT2D eigenvalue weighted by molar-refractivity contribution is 7.99. The van der Waals surface area contributed by atoms with Gasteiger partial charge in [0.2, 0.25) is 0 Å². The predicted octanol–water partition coefficient (Wildman–Crippen LogP) is 1.92. The molecule has 14 heavy (non-hydrogen) atoms. The Hall–Kier alpha value is 0.797. The first-order valence-corrected chi connectivity index (χ1v) is 8.30. The number of rotatable bonds is 9. The molecule has 3 nitrogen and oxygen atoms in total. The van der Waals surface area contributed by atoms with Crippen molar-refractivity contribution in [1.82, 2.24) is 0 Å². The third-order valence-electron chi connectivity index (χ3n) is 1.94. The lowest BCUT2D eigenvalue weighted by atomic mass is 10.6. The molecule has 0 rings (SSSR count). The van der Waals surface area contributed by atoms with Crippen LogP contribution in [0.1, 0.15) is 6.42 Å². The van der Waals surface area contributed by atoms with E-state index in [9.17, 15) is 0 Å². The highest BCUT2D eigenvalue weighted by atomic mass is 32.2. The third kappa shape index (κ3) is 5.62. The molecule has 0 saturated carbocycles. The number of hydrogen-bond acceptors (Lipinski definition) is 5. The molecule has 0 aromatic heterocycles. The van der Waals surface area contributed by atoms with E-state index in [2.05, 4.69) is 12.6 Å². The Bertz CT molecular complexity index is 125. The number of thiol groups is 1. The van der Waals surface area contributed by atoms with Crippen LogP contribution in [0.3, 0.4) is 0 Å². The topological polar surface area (TPSA) is 27.7 Å². The Balaban J connectivity index is 3.61. The van der Waals surface area contributed by atoms with Crippen molar-refractivity contribution in [2.24, 2.45) is 0 Å². The standard InChI is InChI=1S/C8H20O3S2Si/c1-9-14(10-2,11-3)8-4-6-13-7-5-12/h12H,4-8H2,1-3H3. The van der Waals surface area contributed by atoms with Gasteiger partial charge in [-0.05, 0) is 17.9 Å². The molecule has 0 amide bonds. The highest BCUT2D eigenvalue weighted by Crippen LogP contribution is 2.17. The molecule has 0 aliphatic carbocycles. The molecule has 0 aliphatic rings. The van der Waals surface area contributed by atoms with Crippen LogP contribution in [0.5, 0.6) is 0 Å². The van der Waals surface area contributed by atoms with Crippen molar-refractivity contribution in [3.8, 4) is 0 Å². The second-order valence-electron chi connectivity index (χ2n) is 2.73. The molecule has 0 aromatic carbocycles. The molecule has 0 spiro atoms. The van der Waals surface area contributed by atoms with Crippen LogP contribution >= 0.6 is 24.4 Å². The lowest BCUT2D eigenvalue weighted by molar-refractivity contribution is 0.123. The maximum Gasteiger partial charge on any atom is 0.500 e. The van der Waals surface area contributed by atoms with Crippen LogP contribution in [0.15, 0.2) is 0 Å². The van der Waals surface area contributed by atoms with Gasteiger partial charge < -0.3 is 13.3 Å². The Morgan fingerprint density at radius 3 is 2.07 bits per heavy atom. The molecule has 0 saturated heterocycles. The quantitative estimate of drug-likeness (QED) is 0.387. The van der Waals surface area contributed by atoms with Gasteiger partial charge in [-0.3, -0.25) is 0 Å². The smallest absolute Gasteiger partial charge is 0.377 e. The average molecular weight is 256 g/mol. The van der Waals surface area contributed by atoms with Crippen LogP contribution in [0, 0.1) is 0 Å². The van der Waals surface area contributed by atoms with Crippen molar-refractivity contribution in [1.29, 1.82) is 0 Å². The summed E-state index contributed by atoms with van der Waals surface area (Å²) in [4.78, 5) is 0. The minimum Gasteiger partial charge on any atom is -0.377 e. The van der Waals surface area contributed by atoms with E-state index in [1.165, 1.54) is 0 Å². The summed E-state index contributed by atoms with van der Waals surface area (Å²) in [6.45, 7) is 0. The summed E-state index contributed by atoms with van der Waals surface area (Å²) in [6.07, 6.45) is 1.07. The Kier molecular flexibility index (Phi) is 9.57. The van der Waals surface area contributed by atoms with Crippen LogP contribution < -0.4 is 0 Å². The SMILES string of the molecule is CO[Si](CCCSCCS)(OC)OC. The molecule has 0 atom stereocenters.